The van der Waals surface area contributed by atoms with Crippen LogP contribution in [0.3, 0.4) is 0 Å². The summed E-state index contributed by atoms with van der Waals surface area (Å²) in [5.41, 5.74) is 2.00. The molecule has 0 saturated carbocycles. The standard InChI is InChI=1S/C13H16N4O2/c1-8-5-4-6-9(2)12(8)19-7-11(18)15-13-14-10(3)16-17-13/h4-6H,7H2,1-3H3,(H2,14,15,16,17,18). The van der Waals surface area contributed by atoms with Gasteiger partial charge in [0, 0.05) is 0 Å². The van der Waals surface area contributed by atoms with Crippen molar-refractivity contribution in [2.75, 3.05) is 11.9 Å². The topological polar surface area (TPSA) is 79.9 Å². The summed E-state index contributed by atoms with van der Waals surface area (Å²) in [5.74, 6) is 1.35. The number of ether oxygens (including phenoxy) is 1. The summed E-state index contributed by atoms with van der Waals surface area (Å²) < 4.78 is 5.53. The molecule has 1 amide bonds. The van der Waals surface area contributed by atoms with Gasteiger partial charge in [-0.15, -0.1) is 5.10 Å². The summed E-state index contributed by atoms with van der Waals surface area (Å²) in [5, 5.41) is 9.03. The second-order valence-corrected chi connectivity index (χ2v) is 4.30. The first kappa shape index (κ1) is 13.1. The number of anilines is 1. The van der Waals surface area contributed by atoms with Crippen molar-refractivity contribution >= 4 is 11.9 Å². The molecule has 0 saturated heterocycles. The highest BCUT2D eigenvalue weighted by Gasteiger charge is 2.09. The Labute approximate surface area is 111 Å². The van der Waals surface area contributed by atoms with Crippen molar-refractivity contribution in [2.45, 2.75) is 20.8 Å². The third-order valence-corrected chi connectivity index (χ3v) is 2.60. The molecule has 19 heavy (non-hydrogen) atoms. The van der Waals surface area contributed by atoms with E-state index in [9.17, 15) is 4.79 Å². The molecular weight excluding hydrogens is 244 g/mol. The van der Waals surface area contributed by atoms with Crippen LogP contribution in [0, 0.1) is 20.8 Å². The predicted molar refractivity (Wildman–Crippen MR) is 71.2 cm³/mol. The van der Waals surface area contributed by atoms with E-state index < -0.39 is 0 Å². The van der Waals surface area contributed by atoms with Gasteiger partial charge in [0.05, 0.1) is 0 Å². The number of carbonyl (C=O) groups is 1. The molecule has 0 aliphatic rings. The van der Waals surface area contributed by atoms with Gasteiger partial charge in [-0.25, -0.2) is 0 Å². The van der Waals surface area contributed by atoms with Gasteiger partial charge in [0.2, 0.25) is 5.95 Å². The number of aromatic nitrogens is 3. The van der Waals surface area contributed by atoms with Crippen LogP contribution in [-0.2, 0) is 4.79 Å². The number of benzene rings is 1. The largest absolute Gasteiger partial charge is 0.483 e. The molecule has 2 aromatic rings. The molecule has 0 radical (unpaired) electrons. The van der Waals surface area contributed by atoms with Gasteiger partial charge in [0.1, 0.15) is 11.6 Å². The van der Waals surface area contributed by atoms with E-state index in [1.54, 1.807) is 6.92 Å². The summed E-state index contributed by atoms with van der Waals surface area (Å²) in [6.45, 7) is 5.58. The van der Waals surface area contributed by atoms with Crippen molar-refractivity contribution < 1.29 is 9.53 Å². The van der Waals surface area contributed by atoms with Gasteiger partial charge in [0.15, 0.2) is 6.61 Å². The molecule has 0 aliphatic heterocycles. The third kappa shape index (κ3) is 3.31. The highest BCUT2D eigenvalue weighted by Crippen LogP contribution is 2.22. The molecule has 1 aromatic heterocycles. The van der Waals surface area contributed by atoms with E-state index >= 15 is 0 Å². The van der Waals surface area contributed by atoms with Crippen molar-refractivity contribution in [3.8, 4) is 5.75 Å². The number of hydrogen-bond acceptors (Lipinski definition) is 4. The van der Waals surface area contributed by atoms with Crippen LogP contribution >= 0.6 is 0 Å². The van der Waals surface area contributed by atoms with Gasteiger partial charge in [-0.1, -0.05) is 18.2 Å². The molecule has 0 aliphatic carbocycles. The van der Waals surface area contributed by atoms with Gasteiger partial charge >= 0.3 is 0 Å². The number of H-pyrrole nitrogens is 1. The molecule has 0 atom stereocenters. The lowest BCUT2D eigenvalue weighted by molar-refractivity contribution is -0.118. The summed E-state index contributed by atoms with van der Waals surface area (Å²) >= 11 is 0. The first-order valence-electron chi connectivity index (χ1n) is 5.94. The van der Waals surface area contributed by atoms with Gasteiger partial charge in [-0.2, -0.15) is 4.98 Å². The highest BCUT2D eigenvalue weighted by molar-refractivity contribution is 5.90. The van der Waals surface area contributed by atoms with Crippen LogP contribution in [-0.4, -0.2) is 27.7 Å². The lowest BCUT2D eigenvalue weighted by atomic mass is 10.1. The van der Waals surface area contributed by atoms with Gasteiger partial charge < -0.3 is 4.74 Å². The minimum absolute atomic E-state index is 0.0702. The maximum atomic E-state index is 11.7. The van der Waals surface area contributed by atoms with Gasteiger partial charge in [-0.3, -0.25) is 15.2 Å². The number of carbonyl (C=O) groups excluding carboxylic acids is 1. The average molecular weight is 260 g/mol. The fraction of sp³-hybridized carbons (Fsp3) is 0.308. The van der Waals surface area contributed by atoms with Crippen LogP contribution in [0.2, 0.25) is 0 Å². The van der Waals surface area contributed by atoms with Crippen LogP contribution in [0.4, 0.5) is 5.95 Å². The Morgan fingerprint density at radius 2 is 2.00 bits per heavy atom. The molecule has 100 valence electrons. The van der Waals surface area contributed by atoms with E-state index in [2.05, 4.69) is 20.5 Å². The zero-order valence-electron chi connectivity index (χ0n) is 11.2. The molecule has 0 bridgehead atoms. The molecule has 0 spiro atoms. The van der Waals surface area contributed by atoms with Crippen LogP contribution in [0.1, 0.15) is 17.0 Å². The Hall–Kier alpha value is -2.37. The van der Waals surface area contributed by atoms with Crippen molar-refractivity contribution in [1.29, 1.82) is 0 Å². The number of hydrogen-bond donors (Lipinski definition) is 2. The molecule has 1 aromatic carbocycles. The van der Waals surface area contributed by atoms with Crippen molar-refractivity contribution in [3.05, 3.63) is 35.2 Å². The summed E-state index contributed by atoms with van der Waals surface area (Å²) in [6.07, 6.45) is 0. The molecule has 0 fully saturated rings. The maximum absolute atomic E-state index is 11.7. The smallest absolute Gasteiger partial charge is 0.264 e. The number of aromatic amines is 1. The average Bonchev–Trinajstić information content (AvgIpc) is 2.74. The minimum atomic E-state index is -0.290. The van der Waals surface area contributed by atoms with E-state index in [4.69, 9.17) is 4.74 Å². The monoisotopic (exact) mass is 260 g/mol. The molecule has 1 heterocycles. The number of aryl methyl sites for hydroxylation is 3. The van der Waals surface area contributed by atoms with Crippen molar-refractivity contribution in [1.82, 2.24) is 15.2 Å². The Kier molecular flexibility index (Phi) is 3.79. The second kappa shape index (κ2) is 5.51. The zero-order valence-corrected chi connectivity index (χ0v) is 11.2. The van der Waals surface area contributed by atoms with Crippen LogP contribution in [0.5, 0.6) is 5.75 Å². The lowest BCUT2D eigenvalue weighted by Gasteiger charge is -2.10. The summed E-state index contributed by atoms with van der Waals surface area (Å²) in [7, 11) is 0. The van der Waals surface area contributed by atoms with Crippen molar-refractivity contribution in [2.24, 2.45) is 0 Å². The van der Waals surface area contributed by atoms with Gasteiger partial charge in [-0.05, 0) is 31.9 Å². The normalized spacial score (nSPS) is 10.3. The predicted octanol–water partition coefficient (Wildman–Crippen LogP) is 1.75. The Bertz CT molecular complexity index is 572. The van der Waals surface area contributed by atoms with Crippen LogP contribution < -0.4 is 10.1 Å². The first-order chi connectivity index (χ1) is 9.06. The second-order valence-electron chi connectivity index (χ2n) is 4.30. The van der Waals surface area contributed by atoms with E-state index in [-0.39, 0.29) is 18.5 Å². The quantitative estimate of drug-likeness (QED) is 0.877. The molecule has 6 nitrogen and oxygen atoms in total. The molecule has 6 heteroatoms. The molecule has 2 rings (SSSR count). The Morgan fingerprint density at radius 1 is 1.32 bits per heavy atom. The maximum Gasteiger partial charge on any atom is 0.264 e. The van der Waals surface area contributed by atoms with Crippen LogP contribution in [0.15, 0.2) is 18.2 Å². The summed E-state index contributed by atoms with van der Waals surface area (Å²) in [6, 6.07) is 5.84. The number of nitrogens with zero attached hydrogens (tertiary/aromatic N) is 2. The lowest BCUT2D eigenvalue weighted by Crippen LogP contribution is -2.21. The SMILES string of the molecule is Cc1nc(NC(=O)COc2c(C)cccc2C)n[nH]1. The van der Waals surface area contributed by atoms with E-state index in [1.165, 1.54) is 0 Å². The molecule has 0 unspecified atom stereocenters. The van der Waals surface area contributed by atoms with Gasteiger partial charge in [0.25, 0.3) is 5.91 Å². The van der Waals surface area contributed by atoms with Crippen molar-refractivity contribution in [3.63, 3.8) is 0 Å². The number of nitrogens with one attached hydrogen (secondary N) is 2. The van der Waals surface area contributed by atoms with E-state index in [0.717, 1.165) is 16.9 Å². The Morgan fingerprint density at radius 3 is 2.58 bits per heavy atom. The number of amides is 1. The number of rotatable bonds is 4. The number of para-hydroxylation sites is 1. The fourth-order valence-corrected chi connectivity index (χ4v) is 1.72. The molecular formula is C13H16N4O2. The fourth-order valence-electron chi connectivity index (χ4n) is 1.72. The van der Waals surface area contributed by atoms with E-state index in [1.807, 2.05) is 32.0 Å². The molecule has 2 N–H and O–H groups in total. The van der Waals surface area contributed by atoms with E-state index in [0.29, 0.717) is 5.82 Å². The van der Waals surface area contributed by atoms with Crippen LogP contribution in [0.25, 0.3) is 0 Å². The third-order valence-electron chi connectivity index (χ3n) is 2.60. The summed E-state index contributed by atoms with van der Waals surface area (Å²) in [4.78, 5) is 15.7. The minimum Gasteiger partial charge on any atom is -0.483 e. The first-order valence-corrected chi connectivity index (χ1v) is 5.94. The zero-order chi connectivity index (χ0) is 13.8. The highest BCUT2D eigenvalue weighted by atomic mass is 16.5. The Balaban J connectivity index is 1.93.